The summed E-state index contributed by atoms with van der Waals surface area (Å²) in [7, 11) is 0. The Bertz CT molecular complexity index is 483. The van der Waals surface area contributed by atoms with Gasteiger partial charge in [-0.1, -0.05) is 22.9 Å². The van der Waals surface area contributed by atoms with Crippen molar-refractivity contribution in [2.24, 2.45) is 0 Å². The van der Waals surface area contributed by atoms with E-state index < -0.39 is 23.1 Å². The first-order valence-corrected chi connectivity index (χ1v) is 7.22. The molecular formula is C14H16BrF2NO. The van der Waals surface area contributed by atoms with E-state index in [2.05, 4.69) is 15.9 Å². The van der Waals surface area contributed by atoms with Gasteiger partial charge in [0.05, 0.1) is 0 Å². The van der Waals surface area contributed by atoms with E-state index in [9.17, 15) is 13.6 Å². The lowest BCUT2D eigenvalue weighted by Gasteiger charge is -2.28. The third-order valence-electron chi connectivity index (χ3n) is 3.71. The molecule has 0 aliphatic carbocycles. The van der Waals surface area contributed by atoms with Crippen LogP contribution in [0, 0.1) is 11.6 Å². The Balaban J connectivity index is 2.39. The standard InChI is InChI=1S/C14H16BrF2NO/c1-3-10-5-4-8(2)18(10)14(19)13-11(16)6-9(15)7-12(13)17/h6-8,10H,3-5H2,1-2H3. The Hall–Kier alpha value is -0.970. The van der Waals surface area contributed by atoms with Crippen LogP contribution >= 0.6 is 15.9 Å². The molecule has 0 N–H and O–H groups in total. The van der Waals surface area contributed by atoms with Crippen molar-refractivity contribution in [3.8, 4) is 0 Å². The number of rotatable bonds is 2. The highest BCUT2D eigenvalue weighted by atomic mass is 79.9. The third kappa shape index (κ3) is 2.66. The Labute approximate surface area is 119 Å². The van der Waals surface area contributed by atoms with E-state index in [1.54, 1.807) is 4.90 Å². The summed E-state index contributed by atoms with van der Waals surface area (Å²) < 4.78 is 28.0. The second kappa shape index (κ2) is 5.57. The summed E-state index contributed by atoms with van der Waals surface area (Å²) in [6.45, 7) is 3.90. The lowest BCUT2D eigenvalue weighted by molar-refractivity contribution is 0.0666. The maximum atomic E-state index is 13.9. The van der Waals surface area contributed by atoms with Gasteiger partial charge in [0.1, 0.15) is 17.2 Å². The predicted octanol–water partition coefficient (Wildman–Crippen LogP) is 4.13. The lowest BCUT2D eigenvalue weighted by atomic mass is 10.1. The molecule has 0 radical (unpaired) electrons. The molecular weight excluding hydrogens is 316 g/mol. The van der Waals surface area contributed by atoms with Crippen LogP contribution in [0.25, 0.3) is 0 Å². The Morgan fingerprint density at radius 1 is 1.37 bits per heavy atom. The summed E-state index contributed by atoms with van der Waals surface area (Å²) in [4.78, 5) is 14.0. The lowest BCUT2D eigenvalue weighted by Crippen LogP contribution is -2.40. The highest BCUT2D eigenvalue weighted by Crippen LogP contribution is 2.30. The molecule has 2 rings (SSSR count). The first kappa shape index (κ1) is 14.4. The number of amides is 1. The first-order chi connectivity index (χ1) is 8.95. The average molecular weight is 332 g/mol. The largest absolute Gasteiger partial charge is 0.333 e. The molecule has 1 aromatic rings. The topological polar surface area (TPSA) is 20.3 Å². The van der Waals surface area contributed by atoms with Crippen molar-refractivity contribution in [2.45, 2.75) is 45.2 Å². The summed E-state index contributed by atoms with van der Waals surface area (Å²) >= 11 is 3.01. The van der Waals surface area contributed by atoms with Gasteiger partial charge in [-0.2, -0.15) is 0 Å². The zero-order valence-electron chi connectivity index (χ0n) is 10.9. The second-order valence-corrected chi connectivity index (χ2v) is 5.86. The number of likely N-dealkylation sites (tertiary alicyclic amines) is 1. The van der Waals surface area contributed by atoms with Crippen LogP contribution in [0.5, 0.6) is 0 Å². The number of carbonyl (C=O) groups excluding carboxylic acids is 1. The molecule has 0 aromatic heterocycles. The van der Waals surface area contributed by atoms with Crippen LogP contribution in [0.15, 0.2) is 16.6 Å². The van der Waals surface area contributed by atoms with Crippen LogP contribution in [-0.4, -0.2) is 22.9 Å². The van der Waals surface area contributed by atoms with E-state index in [-0.39, 0.29) is 12.1 Å². The summed E-state index contributed by atoms with van der Waals surface area (Å²) in [5.74, 6) is -2.17. The zero-order chi connectivity index (χ0) is 14.2. The van der Waals surface area contributed by atoms with Gasteiger partial charge in [-0.05, 0) is 38.3 Å². The fourth-order valence-electron chi connectivity index (χ4n) is 2.71. The van der Waals surface area contributed by atoms with E-state index >= 15 is 0 Å². The van der Waals surface area contributed by atoms with Crippen LogP contribution in [0.4, 0.5) is 8.78 Å². The highest BCUT2D eigenvalue weighted by Gasteiger charge is 2.35. The summed E-state index contributed by atoms with van der Waals surface area (Å²) in [5, 5.41) is 0. The van der Waals surface area contributed by atoms with Crippen LogP contribution in [0.3, 0.4) is 0 Å². The summed E-state index contributed by atoms with van der Waals surface area (Å²) in [5.41, 5.74) is -0.449. The molecule has 0 spiro atoms. The van der Waals surface area contributed by atoms with E-state index in [1.165, 1.54) is 0 Å². The Morgan fingerprint density at radius 3 is 2.47 bits per heavy atom. The molecule has 1 heterocycles. The fraction of sp³-hybridized carbons (Fsp3) is 0.500. The van der Waals surface area contributed by atoms with Gasteiger partial charge >= 0.3 is 0 Å². The third-order valence-corrected chi connectivity index (χ3v) is 4.17. The number of hydrogen-bond acceptors (Lipinski definition) is 1. The van der Waals surface area contributed by atoms with Gasteiger partial charge in [-0.15, -0.1) is 0 Å². The molecule has 1 amide bonds. The molecule has 19 heavy (non-hydrogen) atoms. The Morgan fingerprint density at radius 2 is 1.95 bits per heavy atom. The minimum Gasteiger partial charge on any atom is -0.333 e. The molecule has 1 fully saturated rings. The molecule has 2 unspecified atom stereocenters. The molecule has 1 aromatic carbocycles. The normalized spacial score (nSPS) is 22.9. The fourth-order valence-corrected chi connectivity index (χ4v) is 3.12. The van der Waals surface area contributed by atoms with Gasteiger partial charge in [0.2, 0.25) is 0 Å². The van der Waals surface area contributed by atoms with Crippen molar-refractivity contribution in [2.75, 3.05) is 0 Å². The molecule has 0 bridgehead atoms. The van der Waals surface area contributed by atoms with Crippen molar-refractivity contribution < 1.29 is 13.6 Å². The quantitative estimate of drug-likeness (QED) is 0.797. The van der Waals surface area contributed by atoms with Gasteiger partial charge in [-0.3, -0.25) is 4.79 Å². The van der Waals surface area contributed by atoms with Crippen LogP contribution < -0.4 is 0 Å². The predicted molar refractivity (Wildman–Crippen MR) is 73.0 cm³/mol. The number of benzene rings is 1. The zero-order valence-corrected chi connectivity index (χ0v) is 12.5. The highest BCUT2D eigenvalue weighted by molar-refractivity contribution is 9.10. The average Bonchev–Trinajstić information content (AvgIpc) is 2.68. The summed E-state index contributed by atoms with van der Waals surface area (Å²) in [6, 6.07) is 2.35. The molecule has 5 heteroatoms. The minimum absolute atomic E-state index is 0.0277. The van der Waals surface area contributed by atoms with E-state index in [0.717, 1.165) is 31.4 Å². The van der Waals surface area contributed by atoms with Crippen molar-refractivity contribution in [3.05, 3.63) is 33.8 Å². The molecule has 1 aliphatic heterocycles. The van der Waals surface area contributed by atoms with Gasteiger partial charge in [0.15, 0.2) is 0 Å². The molecule has 1 aliphatic rings. The minimum atomic E-state index is -0.814. The van der Waals surface area contributed by atoms with Gasteiger partial charge < -0.3 is 4.90 Å². The van der Waals surface area contributed by atoms with Gasteiger partial charge in [-0.25, -0.2) is 8.78 Å². The van der Waals surface area contributed by atoms with E-state index in [1.807, 2.05) is 13.8 Å². The van der Waals surface area contributed by atoms with Crippen LogP contribution in [-0.2, 0) is 0 Å². The molecule has 2 nitrogen and oxygen atoms in total. The Kier molecular flexibility index (Phi) is 4.23. The van der Waals surface area contributed by atoms with Gasteiger partial charge in [0.25, 0.3) is 5.91 Å². The van der Waals surface area contributed by atoms with Gasteiger partial charge in [0, 0.05) is 16.6 Å². The SMILES string of the molecule is CCC1CCC(C)N1C(=O)c1c(F)cc(Br)cc1F. The smallest absolute Gasteiger partial charge is 0.260 e. The van der Waals surface area contributed by atoms with Crippen molar-refractivity contribution in [3.63, 3.8) is 0 Å². The van der Waals surface area contributed by atoms with Crippen molar-refractivity contribution >= 4 is 21.8 Å². The van der Waals surface area contributed by atoms with Crippen molar-refractivity contribution in [1.82, 2.24) is 4.90 Å². The summed E-state index contributed by atoms with van der Waals surface area (Å²) in [6.07, 6.45) is 2.57. The second-order valence-electron chi connectivity index (χ2n) is 4.95. The van der Waals surface area contributed by atoms with E-state index in [0.29, 0.717) is 4.47 Å². The number of nitrogens with zero attached hydrogens (tertiary/aromatic N) is 1. The molecule has 1 saturated heterocycles. The number of carbonyl (C=O) groups is 1. The maximum absolute atomic E-state index is 13.9. The number of halogens is 3. The van der Waals surface area contributed by atoms with Crippen molar-refractivity contribution in [1.29, 1.82) is 0 Å². The molecule has 2 atom stereocenters. The first-order valence-electron chi connectivity index (χ1n) is 6.42. The van der Waals surface area contributed by atoms with Crippen LogP contribution in [0.1, 0.15) is 43.5 Å². The molecule has 0 saturated carbocycles. The van der Waals surface area contributed by atoms with E-state index in [4.69, 9.17) is 0 Å². The monoisotopic (exact) mass is 331 g/mol. The number of hydrogen-bond donors (Lipinski definition) is 0. The maximum Gasteiger partial charge on any atom is 0.260 e. The molecule has 104 valence electrons. The van der Waals surface area contributed by atoms with Crippen LogP contribution in [0.2, 0.25) is 0 Å².